The van der Waals surface area contributed by atoms with Gasteiger partial charge in [0.25, 0.3) is 0 Å². The predicted octanol–water partition coefficient (Wildman–Crippen LogP) is 7.25. The summed E-state index contributed by atoms with van der Waals surface area (Å²) in [5, 5.41) is 0. The summed E-state index contributed by atoms with van der Waals surface area (Å²) >= 11 is 0. The second-order valence-electron chi connectivity index (χ2n) is 9.14. The molecule has 0 aliphatic heterocycles. The first-order valence-corrected chi connectivity index (χ1v) is 12.8. The van der Waals surface area contributed by atoms with Crippen molar-refractivity contribution < 1.29 is 19.1 Å². The molecule has 40 heavy (non-hydrogen) atoms. The van der Waals surface area contributed by atoms with Crippen LogP contribution in [-0.2, 0) is 20.9 Å². The fourth-order valence-electron chi connectivity index (χ4n) is 4.06. The third kappa shape index (κ3) is 7.05. The van der Waals surface area contributed by atoms with Gasteiger partial charge in [-0.2, -0.15) is 0 Å². The monoisotopic (exact) mass is 532 g/mol. The Labute approximate surface area is 235 Å². The van der Waals surface area contributed by atoms with E-state index < -0.39 is 5.97 Å². The number of carbonyl (C=O) groups excluding carboxylic acids is 2. The molecule has 0 aliphatic carbocycles. The number of ketones is 1. The Balaban J connectivity index is 1.37. The zero-order chi connectivity index (χ0) is 28.5. The van der Waals surface area contributed by atoms with Crippen LogP contribution < -0.4 is 14.5 Å². The normalized spacial score (nSPS) is 10.3. The summed E-state index contributed by atoms with van der Waals surface area (Å²) in [5.74, 6) is 0.0549. The molecular weight excluding hydrogens is 500 g/mol. The number of hydrogen-bond donors (Lipinski definition) is 0. The van der Waals surface area contributed by atoms with E-state index in [1.165, 1.54) is 6.08 Å². The molecule has 0 saturated carbocycles. The summed E-state index contributed by atoms with van der Waals surface area (Å²) in [6.45, 7) is 7.07. The molecule has 0 aliphatic rings. The zero-order valence-electron chi connectivity index (χ0n) is 22.7. The first-order chi connectivity index (χ1) is 19.4. The molecule has 202 valence electrons. The van der Waals surface area contributed by atoms with Gasteiger partial charge in [0, 0.05) is 42.9 Å². The second kappa shape index (κ2) is 13.1. The largest absolute Gasteiger partial charge is 0.485 e. The Morgan fingerprint density at radius 3 is 1.50 bits per heavy atom. The van der Waals surface area contributed by atoms with Gasteiger partial charge in [0.05, 0.1) is 0 Å². The van der Waals surface area contributed by atoms with Crippen LogP contribution in [0.5, 0.6) is 5.75 Å². The van der Waals surface area contributed by atoms with Crippen LogP contribution in [0.3, 0.4) is 0 Å². The molecule has 6 nitrogen and oxygen atoms in total. The van der Waals surface area contributed by atoms with Crippen LogP contribution in [0.4, 0.5) is 22.7 Å². The first-order valence-electron chi connectivity index (χ1n) is 12.8. The average molecular weight is 533 g/mol. The topological polar surface area (TPSA) is 59.1 Å². The third-order valence-electron chi connectivity index (χ3n) is 6.55. The predicted molar refractivity (Wildman–Crippen MR) is 162 cm³/mol. The van der Waals surface area contributed by atoms with Crippen molar-refractivity contribution in [1.82, 2.24) is 0 Å². The van der Waals surface area contributed by atoms with Gasteiger partial charge in [-0.25, -0.2) is 4.79 Å². The van der Waals surface area contributed by atoms with Crippen molar-refractivity contribution in [1.29, 1.82) is 0 Å². The van der Waals surface area contributed by atoms with Crippen LogP contribution in [0, 0.1) is 0 Å². The number of anilines is 4. The third-order valence-corrected chi connectivity index (χ3v) is 6.55. The fourth-order valence-corrected chi connectivity index (χ4v) is 4.06. The molecule has 0 saturated heterocycles. The SMILES string of the molecule is C=CC(=O)COc1ccc(N(C)c2ccc(-c3ccc(N(C)c4ccc(COC(=O)C=C)cc4)cc3)cc2)cc1. The van der Waals surface area contributed by atoms with Crippen LogP contribution in [-0.4, -0.2) is 32.5 Å². The number of benzene rings is 4. The summed E-state index contributed by atoms with van der Waals surface area (Å²) in [5.41, 5.74) is 7.32. The maximum atomic E-state index is 11.4. The van der Waals surface area contributed by atoms with Crippen LogP contribution in [0.1, 0.15) is 5.56 Å². The number of ether oxygens (including phenoxy) is 2. The summed E-state index contributed by atoms with van der Waals surface area (Å²) < 4.78 is 10.6. The molecule has 0 N–H and O–H groups in total. The van der Waals surface area contributed by atoms with Gasteiger partial charge in [-0.15, -0.1) is 0 Å². The maximum absolute atomic E-state index is 11.4. The highest BCUT2D eigenvalue weighted by Crippen LogP contribution is 2.30. The average Bonchev–Trinajstić information content (AvgIpc) is 3.02. The van der Waals surface area contributed by atoms with E-state index in [-0.39, 0.29) is 19.0 Å². The molecule has 0 unspecified atom stereocenters. The molecule has 0 bridgehead atoms. The lowest BCUT2D eigenvalue weighted by Gasteiger charge is -2.21. The van der Waals surface area contributed by atoms with Crippen molar-refractivity contribution in [3.8, 4) is 16.9 Å². The highest BCUT2D eigenvalue weighted by Gasteiger charge is 2.08. The molecule has 4 aromatic carbocycles. The summed E-state index contributed by atoms with van der Waals surface area (Å²) in [6.07, 6.45) is 2.42. The smallest absolute Gasteiger partial charge is 0.330 e. The Morgan fingerprint density at radius 1 is 0.650 bits per heavy atom. The molecular formula is C34H32N2O4. The Bertz CT molecular complexity index is 1340. The lowest BCUT2D eigenvalue weighted by Crippen LogP contribution is -2.10. The van der Waals surface area contributed by atoms with Gasteiger partial charge in [-0.3, -0.25) is 4.79 Å². The standard InChI is InChI=1S/C34H32N2O4/c1-5-32(37)24-39-33-21-19-31(20-22-33)36(4)30-17-11-27(12-18-30)26-9-15-29(16-10-26)35(3)28-13-7-25(8-14-28)23-40-34(38)6-2/h5-22H,1-2,23-24H2,3-4H3. The minimum atomic E-state index is -0.431. The van der Waals surface area contributed by atoms with Crippen molar-refractivity contribution >= 4 is 34.5 Å². The van der Waals surface area contributed by atoms with Gasteiger partial charge in [-0.1, -0.05) is 49.6 Å². The molecule has 4 rings (SSSR count). The van der Waals surface area contributed by atoms with Crippen LogP contribution in [0.15, 0.2) is 122 Å². The summed E-state index contributed by atoms with van der Waals surface area (Å²) in [7, 11) is 4.03. The van der Waals surface area contributed by atoms with E-state index in [0.717, 1.165) is 45.5 Å². The zero-order valence-corrected chi connectivity index (χ0v) is 22.7. The Kier molecular flexibility index (Phi) is 9.15. The molecule has 6 heteroatoms. The van der Waals surface area contributed by atoms with Crippen molar-refractivity contribution in [3.63, 3.8) is 0 Å². The lowest BCUT2D eigenvalue weighted by molar-refractivity contribution is -0.139. The molecule has 0 atom stereocenters. The number of carbonyl (C=O) groups is 2. The van der Waals surface area contributed by atoms with Gasteiger partial charge >= 0.3 is 5.97 Å². The van der Waals surface area contributed by atoms with E-state index in [9.17, 15) is 9.59 Å². The summed E-state index contributed by atoms with van der Waals surface area (Å²) in [4.78, 5) is 26.8. The highest BCUT2D eigenvalue weighted by molar-refractivity contribution is 5.90. The van der Waals surface area contributed by atoms with Gasteiger partial charge in [-0.05, 0) is 83.4 Å². The highest BCUT2D eigenvalue weighted by atomic mass is 16.5. The van der Waals surface area contributed by atoms with E-state index in [0.29, 0.717) is 5.75 Å². The Morgan fingerprint density at radius 2 is 1.07 bits per heavy atom. The van der Waals surface area contributed by atoms with E-state index in [4.69, 9.17) is 9.47 Å². The molecule has 0 spiro atoms. The molecule has 0 aromatic heterocycles. The summed E-state index contributed by atoms with van der Waals surface area (Å²) in [6, 6.07) is 32.4. The van der Waals surface area contributed by atoms with Crippen molar-refractivity contribution in [3.05, 3.63) is 128 Å². The van der Waals surface area contributed by atoms with Gasteiger partial charge in [0.2, 0.25) is 0 Å². The molecule has 0 fully saturated rings. The van der Waals surface area contributed by atoms with E-state index in [1.807, 2.05) is 62.6 Å². The quantitative estimate of drug-likeness (QED) is 0.141. The van der Waals surface area contributed by atoms with Crippen LogP contribution >= 0.6 is 0 Å². The van der Waals surface area contributed by atoms with Crippen LogP contribution in [0.2, 0.25) is 0 Å². The van der Waals surface area contributed by atoms with Crippen molar-refractivity contribution in [2.24, 2.45) is 0 Å². The molecule has 0 heterocycles. The van der Waals surface area contributed by atoms with Gasteiger partial charge in [0.1, 0.15) is 12.4 Å². The number of nitrogens with zero attached hydrogens (tertiary/aromatic N) is 2. The second-order valence-corrected chi connectivity index (χ2v) is 9.14. The number of rotatable bonds is 12. The van der Waals surface area contributed by atoms with Crippen molar-refractivity contribution in [2.75, 3.05) is 30.5 Å². The van der Waals surface area contributed by atoms with E-state index in [2.05, 4.69) is 71.5 Å². The number of esters is 1. The van der Waals surface area contributed by atoms with Crippen molar-refractivity contribution in [2.45, 2.75) is 6.61 Å². The maximum Gasteiger partial charge on any atom is 0.330 e. The molecule has 0 radical (unpaired) electrons. The minimum absolute atomic E-state index is 0.0128. The van der Waals surface area contributed by atoms with Crippen LogP contribution in [0.25, 0.3) is 11.1 Å². The Hall–Kier alpha value is -5.10. The van der Waals surface area contributed by atoms with E-state index in [1.54, 1.807) is 0 Å². The first kappa shape index (κ1) is 27.9. The van der Waals surface area contributed by atoms with Gasteiger partial charge in [0.15, 0.2) is 12.4 Å². The fraction of sp³-hybridized carbons (Fsp3) is 0.118. The lowest BCUT2D eigenvalue weighted by atomic mass is 10.0. The van der Waals surface area contributed by atoms with Gasteiger partial charge < -0.3 is 19.3 Å². The van der Waals surface area contributed by atoms with E-state index >= 15 is 0 Å². The minimum Gasteiger partial charge on any atom is -0.485 e. The molecule has 0 amide bonds. The number of hydrogen-bond acceptors (Lipinski definition) is 6. The molecule has 4 aromatic rings.